The van der Waals surface area contributed by atoms with Crippen LogP contribution in [0.5, 0.6) is 0 Å². The van der Waals surface area contributed by atoms with E-state index in [1.54, 1.807) is 0 Å². The highest BCUT2D eigenvalue weighted by atomic mass is 32.2. The van der Waals surface area contributed by atoms with Crippen LogP contribution in [0, 0.1) is 31.1 Å². The first-order valence-corrected chi connectivity index (χ1v) is 14.8. The van der Waals surface area contributed by atoms with Crippen LogP contribution in [0.25, 0.3) is 0 Å². The van der Waals surface area contributed by atoms with Gasteiger partial charge in [-0.05, 0) is 92.7 Å². The minimum absolute atomic E-state index is 0.153. The Morgan fingerprint density at radius 2 is 1.67 bits per heavy atom. The predicted molar refractivity (Wildman–Crippen MR) is 130 cm³/mol. The first kappa shape index (κ1) is 22.1. The van der Waals surface area contributed by atoms with E-state index in [1.807, 2.05) is 0 Å². The third-order valence-electron chi connectivity index (χ3n) is 9.96. The van der Waals surface area contributed by atoms with Crippen LogP contribution < -0.4 is 0 Å². The number of piperazine rings is 1. The van der Waals surface area contributed by atoms with Gasteiger partial charge in [0.1, 0.15) is 0 Å². The second-order valence-electron chi connectivity index (χ2n) is 12.2. The number of benzene rings is 1. The lowest BCUT2D eigenvalue weighted by atomic mass is 9.42. The average Bonchev–Trinajstić information content (AvgIpc) is 3.14. The lowest BCUT2D eigenvalue weighted by molar-refractivity contribution is -0.162. The molecule has 2 aliphatic heterocycles. The van der Waals surface area contributed by atoms with E-state index in [2.05, 4.69) is 41.8 Å². The molecule has 2 saturated heterocycles. The number of hydrogen-bond donors (Lipinski definition) is 0. The Morgan fingerprint density at radius 1 is 0.970 bits per heavy atom. The quantitative estimate of drug-likeness (QED) is 0.679. The molecule has 4 saturated carbocycles. The number of rotatable bonds is 3. The summed E-state index contributed by atoms with van der Waals surface area (Å²) < 4.78 is 23.8. The van der Waals surface area contributed by atoms with Gasteiger partial charge >= 0.3 is 0 Å². The number of carbonyl (C=O) groups is 1. The molecule has 3 unspecified atom stereocenters. The van der Waals surface area contributed by atoms with Gasteiger partial charge in [0.05, 0.1) is 16.9 Å². The summed E-state index contributed by atoms with van der Waals surface area (Å²) in [7, 11) is -2.87. The number of hydrogen-bond acceptors (Lipinski definition) is 4. The first-order valence-electron chi connectivity index (χ1n) is 13.0. The molecule has 1 aromatic rings. The van der Waals surface area contributed by atoms with Crippen LogP contribution in [0.1, 0.15) is 61.6 Å². The Morgan fingerprint density at radius 3 is 2.27 bits per heavy atom. The Bertz CT molecular complexity index is 1060. The van der Waals surface area contributed by atoms with Crippen LogP contribution in [0.2, 0.25) is 0 Å². The van der Waals surface area contributed by atoms with Crippen LogP contribution in [0.4, 0.5) is 0 Å². The molecule has 0 aromatic heterocycles. The Hall–Kier alpha value is -1.40. The molecular weight excluding hydrogens is 432 g/mol. The van der Waals surface area contributed by atoms with Gasteiger partial charge < -0.3 is 4.90 Å². The highest BCUT2D eigenvalue weighted by Crippen LogP contribution is 2.66. The minimum atomic E-state index is -2.87. The number of sulfone groups is 1. The van der Waals surface area contributed by atoms with Gasteiger partial charge in [0.25, 0.3) is 0 Å². The molecule has 0 N–H and O–H groups in total. The van der Waals surface area contributed by atoms with Crippen molar-refractivity contribution >= 4 is 15.7 Å². The molecule has 1 amide bonds. The van der Waals surface area contributed by atoms with E-state index in [9.17, 15) is 13.2 Å². The van der Waals surface area contributed by atoms with Crippen LogP contribution in [0.15, 0.2) is 18.2 Å². The third kappa shape index (κ3) is 3.67. The fourth-order valence-electron chi connectivity index (χ4n) is 8.61. The van der Waals surface area contributed by atoms with E-state index in [-0.39, 0.29) is 16.9 Å². The van der Waals surface area contributed by atoms with E-state index >= 15 is 0 Å². The van der Waals surface area contributed by atoms with Gasteiger partial charge in [-0.25, -0.2) is 8.42 Å². The largest absolute Gasteiger partial charge is 0.340 e. The van der Waals surface area contributed by atoms with Gasteiger partial charge in [-0.1, -0.05) is 18.2 Å². The van der Waals surface area contributed by atoms with Crippen LogP contribution in [-0.4, -0.2) is 67.9 Å². The van der Waals surface area contributed by atoms with Gasteiger partial charge in [0.15, 0.2) is 9.84 Å². The van der Waals surface area contributed by atoms with E-state index in [0.717, 1.165) is 51.9 Å². The van der Waals surface area contributed by atoms with Crippen molar-refractivity contribution in [2.45, 2.75) is 70.3 Å². The summed E-state index contributed by atoms with van der Waals surface area (Å²) in [5, 5.41) is 0. The molecule has 180 valence electrons. The van der Waals surface area contributed by atoms with E-state index in [1.165, 1.54) is 36.0 Å². The molecule has 4 aliphatic carbocycles. The molecular formula is C27H38N2O3S. The van der Waals surface area contributed by atoms with Crippen molar-refractivity contribution in [2.75, 3.05) is 37.7 Å². The van der Waals surface area contributed by atoms with Gasteiger partial charge in [-0.3, -0.25) is 9.69 Å². The molecule has 6 fully saturated rings. The topological polar surface area (TPSA) is 57.7 Å². The molecule has 2 heterocycles. The average molecular weight is 471 g/mol. The van der Waals surface area contributed by atoms with Gasteiger partial charge in [0.2, 0.25) is 5.91 Å². The lowest BCUT2D eigenvalue weighted by Gasteiger charge is -2.62. The zero-order chi connectivity index (χ0) is 23.0. The monoisotopic (exact) mass is 470 g/mol. The van der Waals surface area contributed by atoms with Crippen molar-refractivity contribution in [3.63, 3.8) is 0 Å². The zero-order valence-electron chi connectivity index (χ0n) is 20.2. The van der Waals surface area contributed by atoms with Crippen molar-refractivity contribution in [2.24, 2.45) is 17.3 Å². The SMILES string of the molecule is Cc1ccc(C23CC4CC(CC(C(=O)N5CCN(C6CCS(=O)(=O)C6)CC5)(C4)C2)C3)cc1C. The molecule has 0 radical (unpaired) electrons. The number of nitrogens with zero attached hydrogens (tertiary/aromatic N) is 2. The fraction of sp³-hybridized carbons (Fsp3) is 0.741. The molecule has 6 aliphatic rings. The molecule has 0 spiro atoms. The summed E-state index contributed by atoms with van der Waals surface area (Å²) in [6.45, 7) is 7.54. The molecule has 5 nitrogen and oxygen atoms in total. The van der Waals surface area contributed by atoms with Gasteiger partial charge in [-0.15, -0.1) is 0 Å². The van der Waals surface area contributed by atoms with Crippen molar-refractivity contribution in [1.82, 2.24) is 9.80 Å². The molecule has 3 atom stereocenters. The van der Waals surface area contributed by atoms with E-state index < -0.39 is 9.84 Å². The standard InChI is InChI=1S/C27H38N2O3S/c1-19-3-4-23(11-20(19)2)26-13-21-12-22(14-26)16-27(15-21,18-26)25(30)29-8-6-28(7-9-29)24-5-10-33(31,32)17-24/h3-4,11,21-22,24H,5-10,12-18H2,1-2H3. The normalized spacial score (nSPS) is 39.8. The van der Waals surface area contributed by atoms with Gasteiger partial charge in [-0.2, -0.15) is 0 Å². The van der Waals surface area contributed by atoms with Crippen molar-refractivity contribution in [3.8, 4) is 0 Å². The van der Waals surface area contributed by atoms with E-state index in [0.29, 0.717) is 29.2 Å². The fourth-order valence-corrected chi connectivity index (χ4v) is 10.4. The summed E-state index contributed by atoms with van der Waals surface area (Å²) >= 11 is 0. The van der Waals surface area contributed by atoms with Crippen molar-refractivity contribution < 1.29 is 13.2 Å². The summed E-state index contributed by atoms with van der Waals surface area (Å²) in [5.41, 5.74) is 4.19. The number of aryl methyl sites for hydroxylation is 2. The first-order chi connectivity index (χ1) is 15.7. The zero-order valence-corrected chi connectivity index (χ0v) is 21.0. The maximum absolute atomic E-state index is 14.1. The predicted octanol–water partition coefficient (Wildman–Crippen LogP) is 3.47. The lowest BCUT2D eigenvalue weighted by Crippen LogP contribution is -2.62. The molecule has 6 heteroatoms. The molecule has 7 rings (SSSR count). The van der Waals surface area contributed by atoms with Crippen molar-refractivity contribution in [1.29, 1.82) is 0 Å². The molecule has 4 bridgehead atoms. The smallest absolute Gasteiger partial charge is 0.228 e. The second-order valence-corrected chi connectivity index (χ2v) is 14.4. The molecule has 1 aromatic carbocycles. The summed E-state index contributed by atoms with van der Waals surface area (Å²) in [4.78, 5) is 18.6. The highest BCUT2D eigenvalue weighted by Gasteiger charge is 2.61. The highest BCUT2D eigenvalue weighted by molar-refractivity contribution is 7.91. The van der Waals surface area contributed by atoms with Crippen LogP contribution in [-0.2, 0) is 20.0 Å². The minimum Gasteiger partial charge on any atom is -0.340 e. The number of carbonyl (C=O) groups excluding carboxylic acids is 1. The maximum atomic E-state index is 14.1. The van der Waals surface area contributed by atoms with Gasteiger partial charge in [0, 0.05) is 32.2 Å². The van der Waals surface area contributed by atoms with Crippen molar-refractivity contribution in [3.05, 3.63) is 34.9 Å². The maximum Gasteiger partial charge on any atom is 0.228 e. The third-order valence-corrected chi connectivity index (χ3v) is 11.7. The van der Waals surface area contributed by atoms with Crippen LogP contribution >= 0.6 is 0 Å². The molecule has 33 heavy (non-hydrogen) atoms. The number of amides is 1. The second kappa shape index (κ2) is 7.55. The van der Waals surface area contributed by atoms with E-state index in [4.69, 9.17) is 0 Å². The Kier molecular flexibility index (Phi) is 5.05. The summed E-state index contributed by atoms with van der Waals surface area (Å²) in [6.07, 6.45) is 7.75. The summed E-state index contributed by atoms with van der Waals surface area (Å²) in [6, 6.07) is 7.19. The summed E-state index contributed by atoms with van der Waals surface area (Å²) in [5.74, 6) is 2.39. The Labute approximate surface area is 198 Å². The Balaban J connectivity index is 1.20. The van der Waals surface area contributed by atoms with Crippen LogP contribution in [0.3, 0.4) is 0 Å².